The lowest BCUT2D eigenvalue weighted by Crippen LogP contribution is -2.36. The molecule has 2 saturated heterocycles. The zero-order chi connectivity index (χ0) is 15.4. The van der Waals surface area contributed by atoms with E-state index in [4.69, 9.17) is 15.0 Å². The first-order valence-corrected chi connectivity index (χ1v) is 7.19. The minimum Gasteiger partial charge on any atom is -0.444 e. The second kappa shape index (κ2) is 6.55. The number of azide groups is 1. The molecule has 0 aromatic heterocycles. The number of morpholine rings is 1. The van der Waals surface area contributed by atoms with E-state index in [0.717, 1.165) is 37.7 Å². The molecule has 0 radical (unpaired) electrons. The van der Waals surface area contributed by atoms with Gasteiger partial charge in [-0.1, -0.05) is 5.11 Å². The van der Waals surface area contributed by atoms with Crippen molar-refractivity contribution in [2.45, 2.75) is 6.10 Å². The molecule has 0 bridgehead atoms. The van der Waals surface area contributed by atoms with E-state index < -0.39 is 6.09 Å². The summed E-state index contributed by atoms with van der Waals surface area (Å²) in [5.41, 5.74) is 10.2. The van der Waals surface area contributed by atoms with Crippen LogP contribution >= 0.6 is 0 Å². The Labute approximate surface area is 127 Å². The van der Waals surface area contributed by atoms with Crippen LogP contribution in [0.4, 0.5) is 16.2 Å². The maximum Gasteiger partial charge on any atom is 0.414 e. The number of rotatable bonds is 4. The number of ether oxygens (including phenoxy) is 2. The number of cyclic esters (lactones) is 1. The van der Waals surface area contributed by atoms with Crippen molar-refractivity contribution in [3.05, 3.63) is 34.7 Å². The van der Waals surface area contributed by atoms with Crippen molar-refractivity contribution in [1.29, 1.82) is 0 Å². The van der Waals surface area contributed by atoms with Gasteiger partial charge in [0.25, 0.3) is 0 Å². The van der Waals surface area contributed by atoms with E-state index in [1.165, 1.54) is 0 Å². The van der Waals surface area contributed by atoms with Crippen LogP contribution in [0.25, 0.3) is 10.4 Å². The van der Waals surface area contributed by atoms with Crippen LogP contribution in [-0.4, -0.2) is 51.6 Å². The molecule has 0 spiro atoms. The maximum atomic E-state index is 11.9. The first-order valence-electron chi connectivity index (χ1n) is 7.19. The third-order valence-electron chi connectivity index (χ3n) is 3.76. The molecule has 8 heteroatoms. The lowest BCUT2D eigenvalue weighted by atomic mass is 10.2. The predicted octanol–water partition coefficient (Wildman–Crippen LogP) is 2.16. The van der Waals surface area contributed by atoms with Crippen molar-refractivity contribution in [2.75, 3.05) is 49.2 Å². The lowest BCUT2D eigenvalue weighted by Gasteiger charge is -2.29. The molecular formula is C14H17N5O3. The summed E-state index contributed by atoms with van der Waals surface area (Å²) < 4.78 is 10.5. The Morgan fingerprint density at radius 3 is 2.59 bits per heavy atom. The smallest absolute Gasteiger partial charge is 0.414 e. The summed E-state index contributed by atoms with van der Waals surface area (Å²) in [6.45, 7) is 3.78. The van der Waals surface area contributed by atoms with Gasteiger partial charge in [-0.05, 0) is 29.8 Å². The number of anilines is 2. The molecule has 0 N–H and O–H groups in total. The van der Waals surface area contributed by atoms with Crippen LogP contribution in [0.3, 0.4) is 0 Å². The number of benzene rings is 1. The molecule has 0 aliphatic carbocycles. The summed E-state index contributed by atoms with van der Waals surface area (Å²) in [5, 5.41) is 3.45. The van der Waals surface area contributed by atoms with E-state index in [-0.39, 0.29) is 12.6 Å². The van der Waals surface area contributed by atoms with Crippen molar-refractivity contribution in [3.8, 4) is 0 Å². The van der Waals surface area contributed by atoms with E-state index in [2.05, 4.69) is 14.9 Å². The predicted molar refractivity (Wildman–Crippen MR) is 81.1 cm³/mol. The Balaban J connectivity index is 1.67. The van der Waals surface area contributed by atoms with E-state index in [9.17, 15) is 4.79 Å². The van der Waals surface area contributed by atoms with Gasteiger partial charge in [-0.3, -0.25) is 4.90 Å². The highest BCUT2D eigenvalue weighted by atomic mass is 16.6. The van der Waals surface area contributed by atoms with Crippen LogP contribution in [0.1, 0.15) is 0 Å². The number of nitrogens with zero attached hydrogens (tertiary/aromatic N) is 5. The van der Waals surface area contributed by atoms with Gasteiger partial charge in [0.1, 0.15) is 6.10 Å². The molecule has 1 aromatic carbocycles. The van der Waals surface area contributed by atoms with Crippen molar-refractivity contribution in [2.24, 2.45) is 5.11 Å². The SMILES string of the molecule is [N-]=[N+]=NC[C@H]1CN(c2ccc(N3CCOCC3)cc2)C(=O)O1. The number of carbonyl (C=O) groups is 1. The highest BCUT2D eigenvalue weighted by Crippen LogP contribution is 2.25. The third-order valence-corrected chi connectivity index (χ3v) is 3.76. The van der Waals surface area contributed by atoms with Gasteiger partial charge >= 0.3 is 6.09 Å². The van der Waals surface area contributed by atoms with Crippen LogP contribution in [-0.2, 0) is 9.47 Å². The highest BCUT2D eigenvalue weighted by Gasteiger charge is 2.31. The van der Waals surface area contributed by atoms with Gasteiger partial charge in [0.15, 0.2) is 0 Å². The van der Waals surface area contributed by atoms with E-state index >= 15 is 0 Å². The summed E-state index contributed by atoms with van der Waals surface area (Å²) >= 11 is 0. The zero-order valence-corrected chi connectivity index (χ0v) is 12.1. The first-order chi connectivity index (χ1) is 10.8. The first kappa shape index (κ1) is 14.5. The summed E-state index contributed by atoms with van der Waals surface area (Å²) in [5.74, 6) is 0. The molecule has 116 valence electrons. The second-order valence-corrected chi connectivity index (χ2v) is 5.15. The molecule has 22 heavy (non-hydrogen) atoms. The average molecular weight is 303 g/mol. The fraction of sp³-hybridized carbons (Fsp3) is 0.500. The zero-order valence-electron chi connectivity index (χ0n) is 12.1. The summed E-state index contributed by atoms with van der Waals surface area (Å²) in [6, 6.07) is 7.80. The van der Waals surface area contributed by atoms with E-state index in [0.29, 0.717) is 6.54 Å². The molecule has 2 heterocycles. The molecule has 3 rings (SSSR count). The fourth-order valence-electron chi connectivity index (χ4n) is 2.62. The van der Waals surface area contributed by atoms with Gasteiger partial charge in [0, 0.05) is 29.4 Å². The van der Waals surface area contributed by atoms with Gasteiger partial charge in [-0.15, -0.1) is 0 Å². The normalized spacial score (nSPS) is 21.5. The number of amides is 1. The molecule has 1 aromatic rings. The van der Waals surface area contributed by atoms with Gasteiger partial charge in [-0.2, -0.15) is 0 Å². The Bertz CT molecular complexity index is 579. The van der Waals surface area contributed by atoms with E-state index in [1.807, 2.05) is 24.3 Å². The number of carbonyl (C=O) groups excluding carboxylic acids is 1. The van der Waals surface area contributed by atoms with Crippen LogP contribution in [0, 0.1) is 0 Å². The Kier molecular flexibility index (Phi) is 4.32. The van der Waals surface area contributed by atoms with E-state index in [1.54, 1.807) is 4.90 Å². The fourth-order valence-corrected chi connectivity index (χ4v) is 2.62. The molecule has 0 unspecified atom stereocenters. The van der Waals surface area contributed by atoms with Crippen molar-refractivity contribution < 1.29 is 14.3 Å². The molecule has 0 saturated carbocycles. The van der Waals surface area contributed by atoms with Gasteiger partial charge in [-0.25, -0.2) is 4.79 Å². The topological polar surface area (TPSA) is 90.8 Å². The lowest BCUT2D eigenvalue weighted by molar-refractivity contribution is 0.122. The molecule has 2 aliphatic rings. The summed E-state index contributed by atoms with van der Waals surface area (Å²) in [4.78, 5) is 18.4. The second-order valence-electron chi connectivity index (χ2n) is 5.15. The Morgan fingerprint density at radius 2 is 1.91 bits per heavy atom. The van der Waals surface area contributed by atoms with Crippen LogP contribution in [0.5, 0.6) is 0 Å². The number of hydrogen-bond acceptors (Lipinski definition) is 5. The Hall–Kier alpha value is -2.44. The van der Waals surface area contributed by atoms with Gasteiger partial charge < -0.3 is 14.4 Å². The van der Waals surface area contributed by atoms with Crippen molar-refractivity contribution >= 4 is 17.5 Å². The van der Waals surface area contributed by atoms with Crippen molar-refractivity contribution in [1.82, 2.24) is 0 Å². The quantitative estimate of drug-likeness (QED) is 0.484. The monoisotopic (exact) mass is 303 g/mol. The van der Waals surface area contributed by atoms with Crippen LogP contribution < -0.4 is 9.80 Å². The van der Waals surface area contributed by atoms with Crippen LogP contribution in [0.2, 0.25) is 0 Å². The van der Waals surface area contributed by atoms with Crippen LogP contribution in [0.15, 0.2) is 29.4 Å². The van der Waals surface area contributed by atoms with Gasteiger partial charge in [0.2, 0.25) is 0 Å². The maximum absolute atomic E-state index is 11.9. The molecule has 1 atom stereocenters. The molecule has 8 nitrogen and oxygen atoms in total. The average Bonchev–Trinajstić information content (AvgIpc) is 2.95. The number of hydrogen-bond donors (Lipinski definition) is 0. The Morgan fingerprint density at radius 1 is 1.23 bits per heavy atom. The minimum atomic E-state index is -0.405. The molecule has 2 aliphatic heterocycles. The minimum absolute atomic E-state index is 0.157. The molecule has 1 amide bonds. The molecule has 2 fully saturated rings. The highest BCUT2D eigenvalue weighted by molar-refractivity contribution is 5.90. The molecular weight excluding hydrogens is 286 g/mol. The summed E-state index contributed by atoms with van der Waals surface area (Å²) in [7, 11) is 0. The standard InChI is InChI=1S/C14H17N5O3/c15-17-16-9-13-10-19(14(20)22-13)12-3-1-11(2-4-12)18-5-7-21-8-6-18/h1-4,13H,5-10H2/t13-/m0/s1. The largest absolute Gasteiger partial charge is 0.444 e. The third kappa shape index (κ3) is 3.08. The van der Waals surface area contributed by atoms with Gasteiger partial charge in [0.05, 0.1) is 26.3 Å². The summed E-state index contributed by atoms with van der Waals surface area (Å²) in [6.07, 6.45) is -0.792. The van der Waals surface area contributed by atoms with Crippen molar-refractivity contribution in [3.63, 3.8) is 0 Å².